The van der Waals surface area contributed by atoms with E-state index >= 15 is 0 Å². The number of nitrogens with one attached hydrogen (secondary N) is 2. The second kappa shape index (κ2) is 7.78. The van der Waals surface area contributed by atoms with Gasteiger partial charge in [-0.2, -0.15) is 4.98 Å². The van der Waals surface area contributed by atoms with Gasteiger partial charge in [-0.3, -0.25) is 0 Å². The number of fused-ring (bicyclic) bond motifs is 1. The summed E-state index contributed by atoms with van der Waals surface area (Å²) < 4.78 is 27.1. The van der Waals surface area contributed by atoms with E-state index in [1.165, 1.54) is 12.1 Å². The summed E-state index contributed by atoms with van der Waals surface area (Å²) in [6.07, 6.45) is 0. The van der Waals surface area contributed by atoms with E-state index in [0.717, 1.165) is 17.0 Å². The average molecular weight is 397 g/mol. The van der Waals surface area contributed by atoms with Crippen LogP contribution in [0.15, 0.2) is 66.7 Å². The number of hydrogen-bond acceptors (Lipinski definition) is 4. The lowest BCUT2D eigenvalue weighted by Gasteiger charge is -2.13. The van der Waals surface area contributed by atoms with Crippen molar-refractivity contribution in [2.45, 2.75) is 6.54 Å². The maximum atomic E-state index is 14.0. The van der Waals surface area contributed by atoms with Gasteiger partial charge in [-0.1, -0.05) is 41.9 Å². The van der Waals surface area contributed by atoms with Gasteiger partial charge in [0.25, 0.3) is 0 Å². The van der Waals surface area contributed by atoms with E-state index in [0.29, 0.717) is 22.9 Å². The van der Waals surface area contributed by atoms with E-state index in [1.807, 2.05) is 48.5 Å². The molecule has 140 valence electrons. The first kappa shape index (κ1) is 18.1. The van der Waals surface area contributed by atoms with Crippen LogP contribution in [0, 0.1) is 11.6 Å². The molecule has 4 rings (SSSR count). The van der Waals surface area contributed by atoms with Crippen molar-refractivity contribution in [1.29, 1.82) is 0 Å². The maximum Gasteiger partial charge on any atom is 0.229 e. The topological polar surface area (TPSA) is 49.8 Å². The van der Waals surface area contributed by atoms with Crippen LogP contribution >= 0.6 is 11.6 Å². The number of benzene rings is 3. The van der Waals surface area contributed by atoms with Crippen LogP contribution in [0.4, 0.5) is 26.2 Å². The number of nitrogens with zero attached hydrogens (tertiary/aromatic N) is 2. The summed E-state index contributed by atoms with van der Waals surface area (Å²) in [7, 11) is 0. The molecule has 4 aromatic rings. The third-order valence-electron chi connectivity index (χ3n) is 4.18. The number of rotatable bonds is 5. The van der Waals surface area contributed by atoms with Crippen LogP contribution < -0.4 is 10.6 Å². The summed E-state index contributed by atoms with van der Waals surface area (Å²) in [4.78, 5) is 8.89. The zero-order valence-electron chi connectivity index (χ0n) is 14.6. The molecule has 3 aromatic carbocycles. The highest BCUT2D eigenvalue weighted by Crippen LogP contribution is 2.26. The quantitative estimate of drug-likeness (QED) is 0.440. The van der Waals surface area contributed by atoms with Gasteiger partial charge < -0.3 is 10.6 Å². The van der Waals surface area contributed by atoms with E-state index in [4.69, 9.17) is 11.6 Å². The fourth-order valence-corrected chi connectivity index (χ4v) is 3.00. The third-order valence-corrected chi connectivity index (χ3v) is 4.55. The van der Waals surface area contributed by atoms with Crippen molar-refractivity contribution in [3.63, 3.8) is 0 Å². The molecule has 7 heteroatoms. The van der Waals surface area contributed by atoms with Crippen molar-refractivity contribution in [2.75, 3.05) is 10.6 Å². The van der Waals surface area contributed by atoms with Gasteiger partial charge in [0.15, 0.2) is 0 Å². The molecule has 28 heavy (non-hydrogen) atoms. The Hall–Kier alpha value is -3.25. The van der Waals surface area contributed by atoms with Crippen LogP contribution in [0.25, 0.3) is 10.9 Å². The zero-order chi connectivity index (χ0) is 19.5. The smallest absolute Gasteiger partial charge is 0.229 e. The molecule has 2 N–H and O–H groups in total. The van der Waals surface area contributed by atoms with Crippen LogP contribution in [-0.4, -0.2) is 9.97 Å². The summed E-state index contributed by atoms with van der Waals surface area (Å²) >= 11 is 6.22. The molecule has 0 fully saturated rings. The fraction of sp³-hybridized carbons (Fsp3) is 0.0476. The van der Waals surface area contributed by atoms with Gasteiger partial charge in [-0.15, -0.1) is 0 Å². The number of anilines is 3. The lowest BCUT2D eigenvalue weighted by Crippen LogP contribution is -2.06. The Bertz CT molecular complexity index is 1150. The highest BCUT2D eigenvalue weighted by atomic mass is 35.5. The molecular weight excluding hydrogens is 382 g/mol. The Balaban J connectivity index is 1.68. The van der Waals surface area contributed by atoms with Gasteiger partial charge in [-0.05, 0) is 35.9 Å². The molecule has 0 aliphatic rings. The highest BCUT2D eigenvalue weighted by Gasteiger charge is 2.11. The molecule has 0 spiro atoms. The Labute approximate surface area is 165 Å². The summed E-state index contributed by atoms with van der Waals surface area (Å²) in [5.41, 5.74) is 1.70. The van der Waals surface area contributed by atoms with Crippen LogP contribution in [-0.2, 0) is 6.54 Å². The predicted molar refractivity (Wildman–Crippen MR) is 108 cm³/mol. The molecule has 0 saturated carbocycles. The normalized spacial score (nSPS) is 10.8. The Morgan fingerprint density at radius 1 is 0.893 bits per heavy atom. The molecule has 0 amide bonds. The third kappa shape index (κ3) is 3.87. The SMILES string of the molecule is Fc1ccc(Nc2nc(NCc3ccccc3Cl)c3ccccc3n2)c(F)c1. The summed E-state index contributed by atoms with van der Waals surface area (Å²) in [6, 6.07) is 18.3. The second-order valence-electron chi connectivity index (χ2n) is 6.11. The van der Waals surface area contributed by atoms with Gasteiger partial charge in [0.05, 0.1) is 11.2 Å². The molecular formula is C21H15ClF2N4. The predicted octanol–water partition coefficient (Wildman–Crippen LogP) is 5.92. The monoisotopic (exact) mass is 396 g/mol. The van der Waals surface area contributed by atoms with Crippen LogP contribution in [0.5, 0.6) is 0 Å². The number of hydrogen-bond donors (Lipinski definition) is 2. The van der Waals surface area contributed by atoms with Gasteiger partial charge in [0.2, 0.25) is 5.95 Å². The van der Waals surface area contributed by atoms with E-state index in [9.17, 15) is 8.78 Å². The summed E-state index contributed by atoms with van der Waals surface area (Å²) in [6.45, 7) is 0.463. The van der Waals surface area contributed by atoms with Gasteiger partial charge in [0.1, 0.15) is 17.5 Å². The summed E-state index contributed by atoms with van der Waals surface area (Å²) in [5.74, 6) is -0.590. The van der Waals surface area contributed by atoms with Crippen LogP contribution in [0.3, 0.4) is 0 Å². The van der Waals surface area contributed by atoms with Crippen molar-refractivity contribution >= 4 is 40.0 Å². The minimum Gasteiger partial charge on any atom is -0.365 e. The van der Waals surface area contributed by atoms with Crippen molar-refractivity contribution in [1.82, 2.24) is 9.97 Å². The van der Waals surface area contributed by atoms with E-state index in [2.05, 4.69) is 20.6 Å². The zero-order valence-corrected chi connectivity index (χ0v) is 15.3. The maximum absolute atomic E-state index is 14.0. The van der Waals surface area contributed by atoms with Gasteiger partial charge in [-0.25, -0.2) is 13.8 Å². The minimum atomic E-state index is -0.720. The molecule has 0 bridgehead atoms. The summed E-state index contributed by atoms with van der Waals surface area (Å²) in [5, 5.41) is 7.55. The van der Waals surface area contributed by atoms with Gasteiger partial charge in [0, 0.05) is 23.0 Å². The van der Waals surface area contributed by atoms with Crippen LogP contribution in [0.2, 0.25) is 5.02 Å². The Kier molecular flexibility index (Phi) is 5.04. The van der Waals surface area contributed by atoms with Gasteiger partial charge >= 0.3 is 0 Å². The number of halogens is 3. The first-order valence-corrected chi connectivity index (χ1v) is 8.94. The average Bonchev–Trinajstić information content (AvgIpc) is 2.69. The highest BCUT2D eigenvalue weighted by molar-refractivity contribution is 6.31. The first-order valence-electron chi connectivity index (χ1n) is 8.56. The first-order chi connectivity index (χ1) is 13.6. The largest absolute Gasteiger partial charge is 0.365 e. The molecule has 0 saturated heterocycles. The van der Waals surface area contributed by atoms with E-state index < -0.39 is 11.6 Å². The Morgan fingerprint density at radius 2 is 1.68 bits per heavy atom. The number of para-hydroxylation sites is 1. The van der Waals surface area contributed by atoms with Crippen molar-refractivity contribution in [3.8, 4) is 0 Å². The Morgan fingerprint density at radius 3 is 2.50 bits per heavy atom. The van der Waals surface area contributed by atoms with E-state index in [1.54, 1.807) is 0 Å². The molecule has 0 atom stereocenters. The fourth-order valence-electron chi connectivity index (χ4n) is 2.80. The lowest BCUT2D eigenvalue weighted by atomic mass is 10.2. The molecule has 0 unspecified atom stereocenters. The van der Waals surface area contributed by atoms with Crippen molar-refractivity contribution < 1.29 is 8.78 Å². The molecule has 1 heterocycles. The van der Waals surface area contributed by atoms with Crippen LogP contribution in [0.1, 0.15) is 5.56 Å². The molecule has 0 radical (unpaired) electrons. The van der Waals surface area contributed by atoms with E-state index in [-0.39, 0.29) is 11.6 Å². The molecule has 0 aliphatic carbocycles. The lowest BCUT2D eigenvalue weighted by molar-refractivity contribution is 0.586. The second-order valence-corrected chi connectivity index (χ2v) is 6.51. The number of aromatic nitrogens is 2. The molecule has 1 aromatic heterocycles. The van der Waals surface area contributed by atoms with Crippen molar-refractivity contribution in [3.05, 3.63) is 89.0 Å². The minimum absolute atomic E-state index is 0.0914. The molecule has 4 nitrogen and oxygen atoms in total. The molecule has 0 aliphatic heterocycles. The van der Waals surface area contributed by atoms with Crippen molar-refractivity contribution in [2.24, 2.45) is 0 Å². The standard InChI is InChI=1S/C21H15ClF2N4/c22-16-7-3-1-5-13(16)12-25-20-15-6-2-4-8-18(15)26-21(28-20)27-19-10-9-14(23)11-17(19)24/h1-11H,12H2,(H2,25,26,27,28).